The second kappa shape index (κ2) is 3.33. The Hall–Kier alpha value is -0.740. The predicted molar refractivity (Wildman–Crippen MR) is 48.7 cm³/mol. The van der Waals surface area contributed by atoms with Gasteiger partial charge in [-0.3, -0.25) is 0 Å². The van der Waals surface area contributed by atoms with Gasteiger partial charge >= 0.3 is 0 Å². The molecule has 0 radical (unpaired) electrons. The number of aliphatic hydroxyl groups excluding tert-OH is 1. The van der Waals surface area contributed by atoms with Gasteiger partial charge in [-0.25, -0.2) is 4.98 Å². The van der Waals surface area contributed by atoms with Crippen molar-refractivity contribution in [1.29, 1.82) is 0 Å². The van der Waals surface area contributed by atoms with E-state index in [1.807, 2.05) is 22.7 Å². The van der Waals surface area contributed by atoms with Crippen molar-refractivity contribution in [1.82, 2.24) is 9.55 Å². The highest BCUT2D eigenvalue weighted by Gasteiger charge is 2.26. The summed E-state index contributed by atoms with van der Waals surface area (Å²) in [6, 6.07) is 0. The summed E-state index contributed by atoms with van der Waals surface area (Å²) < 4.78 is 1.95. The number of aryl methyl sites for hydroxylation is 1. The van der Waals surface area contributed by atoms with Crippen LogP contribution >= 0.6 is 12.4 Å². The smallest absolute Gasteiger partial charge is 0.205 e. The highest BCUT2D eigenvalue weighted by atomic mass is 35.5. The lowest BCUT2D eigenvalue weighted by molar-refractivity contribution is 0.140. The molecule has 1 N–H and O–H groups in total. The van der Waals surface area contributed by atoms with Gasteiger partial charge in [0.15, 0.2) is 0 Å². The number of hydrogen-bond acceptors (Lipinski definition) is 3. The molecule has 0 saturated carbocycles. The molecule has 2 heterocycles. The molecule has 4 nitrogen and oxygen atoms in total. The molecule has 0 amide bonds. The first-order valence-corrected chi connectivity index (χ1v) is 3.67. The summed E-state index contributed by atoms with van der Waals surface area (Å²) in [6.07, 6.45) is 3.51. The molecule has 5 heteroatoms. The average Bonchev–Trinajstić information content (AvgIpc) is 2.29. The van der Waals surface area contributed by atoms with E-state index in [4.69, 9.17) is 5.11 Å². The van der Waals surface area contributed by atoms with E-state index in [9.17, 15) is 0 Å². The molecule has 0 unspecified atom stereocenters. The van der Waals surface area contributed by atoms with Gasteiger partial charge in [-0.15, -0.1) is 12.4 Å². The molecule has 0 bridgehead atoms. The van der Waals surface area contributed by atoms with E-state index in [2.05, 4.69) is 4.98 Å². The van der Waals surface area contributed by atoms with E-state index in [0.29, 0.717) is 13.1 Å². The van der Waals surface area contributed by atoms with Crippen molar-refractivity contribution in [3.8, 4) is 0 Å². The standard InChI is InChI=1S/C7H11N3O.ClH/c1-9-3-2-8-7(9)10-4-6(11)5-10;/h2-3,6,11H,4-5H2,1H3;1H. The minimum absolute atomic E-state index is 0. The molecule has 0 aromatic carbocycles. The maximum atomic E-state index is 9.03. The fourth-order valence-corrected chi connectivity index (χ4v) is 1.28. The SMILES string of the molecule is Cl.Cn1ccnc1N1CC(O)C1. The van der Waals surface area contributed by atoms with Crippen molar-refractivity contribution < 1.29 is 5.11 Å². The minimum Gasteiger partial charge on any atom is -0.389 e. The van der Waals surface area contributed by atoms with Crippen LogP contribution in [0.3, 0.4) is 0 Å². The van der Waals surface area contributed by atoms with Crippen LogP contribution in [0.4, 0.5) is 5.95 Å². The van der Waals surface area contributed by atoms with Crippen LogP contribution in [-0.2, 0) is 7.05 Å². The van der Waals surface area contributed by atoms with E-state index in [-0.39, 0.29) is 18.5 Å². The summed E-state index contributed by atoms with van der Waals surface area (Å²) in [5.74, 6) is 0.940. The number of imidazole rings is 1. The summed E-state index contributed by atoms with van der Waals surface area (Å²) in [4.78, 5) is 6.20. The van der Waals surface area contributed by atoms with E-state index >= 15 is 0 Å². The number of rotatable bonds is 1. The molecule has 1 aliphatic heterocycles. The maximum absolute atomic E-state index is 9.03. The van der Waals surface area contributed by atoms with Gasteiger partial charge in [0.2, 0.25) is 5.95 Å². The molecule has 0 atom stereocenters. The van der Waals surface area contributed by atoms with Crippen molar-refractivity contribution in [3.63, 3.8) is 0 Å². The van der Waals surface area contributed by atoms with Crippen LogP contribution in [0.15, 0.2) is 12.4 Å². The quantitative estimate of drug-likeness (QED) is 0.678. The second-order valence-electron chi connectivity index (χ2n) is 2.90. The van der Waals surface area contributed by atoms with Gasteiger partial charge < -0.3 is 14.6 Å². The third-order valence-corrected chi connectivity index (χ3v) is 1.94. The van der Waals surface area contributed by atoms with Crippen LogP contribution in [-0.4, -0.2) is 33.9 Å². The Morgan fingerprint density at radius 1 is 1.58 bits per heavy atom. The van der Waals surface area contributed by atoms with Gasteiger partial charge in [0.1, 0.15) is 0 Å². The molecule has 0 spiro atoms. The Bertz CT molecular complexity index is 257. The van der Waals surface area contributed by atoms with E-state index in [1.165, 1.54) is 0 Å². The first-order chi connectivity index (χ1) is 5.27. The first kappa shape index (κ1) is 9.35. The molecule has 1 saturated heterocycles. The topological polar surface area (TPSA) is 41.3 Å². The molecule has 2 rings (SSSR count). The Balaban J connectivity index is 0.000000720. The molecule has 68 valence electrons. The van der Waals surface area contributed by atoms with Gasteiger partial charge in [0.05, 0.1) is 6.10 Å². The summed E-state index contributed by atoms with van der Waals surface area (Å²) in [5, 5.41) is 9.03. The van der Waals surface area contributed by atoms with Crippen molar-refractivity contribution in [2.45, 2.75) is 6.10 Å². The summed E-state index contributed by atoms with van der Waals surface area (Å²) in [5.41, 5.74) is 0. The second-order valence-corrected chi connectivity index (χ2v) is 2.90. The van der Waals surface area contributed by atoms with Gasteiger partial charge in [-0.2, -0.15) is 0 Å². The Kier molecular flexibility index (Phi) is 2.59. The number of hydrogen-bond donors (Lipinski definition) is 1. The van der Waals surface area contributed by atoms with Crippen molar-refractivity contribution >= 4 is 18.4 Å². The van der Waals surface area contributed by atoms with Gasteiger partial charge in [0.25, 0.3) is 0 Å². The monoisotopic (exact) mass is 189 g/mol. The molecular formula is C7H12ClN3O. The molecule has 1 aromatic heterocycles. The number of aliphatic hydroxyl groups is 1. The van der Waals surface area contributed by atoms with E-state index < -0.39 is 0 Å². The number of β-amino-alcohol motifs (C(OH)–C–C–N with tert-alkyl or cyclic N) is 1. The lowest BCUT2D eigenvalue weighted by Crippen LogP contribution is -2.51. The van der Waals surface area contributed by atoms with Crippen molar-refractivity contribution in [2.75, 3.05) is 18.0 Å². The fourth-order valence-electron chi connectivity index (χ4n) is 1.28. The summed E-state index contributed by atoms with van der Waals surface area (Å²) >= 11 is 0. The molecule has 1 fully saturated rings. The molecule has 0 aliphatic carbocycles. The summed E-state index contributed by atoms with van der Waals surface area (Å²) in [6.45, 7) is 1.43. The van der Waals surface area contributed by atoms with Crippen molar-refractivity contribution in [3.05, 3.63) is 12.4 Å². The summed E-state index contributed by atoms with van der Waals surface area (Å²) in [7, 11) is 1.95. The fraction of sp³-hybridized carbons (Fsp3) is 0.571. The molecule has 12 heavy (non-hydrogen) atoms. The normalized spacial score (nSPS) is 17.0. The highest BCUT2D eigenvalue weighted by Crippen LogP contribution is 2.16. The lowest BCUT2D eigenvalue weighted by Gasteiger charge is -2.36. The third kappa shape index (κ3) is 1.40. The molecule has 1 aromatic rings. The predicted octanol–water partition coefficient (Wildman–Crippen LogP) is 0.0228. The van der Waals surface area contributed by atoms with Crippen LogP contribution in [0.5, 0.6) is 0 Å². The molecule has 1 aliphatic rings. The Morgan fingerprint density at radius 3 is 2.67 bits per heavy atom. The van der Waals surface area contributed by atoms with Gasteiger partial charge in [-0.05, 0) is 0 Å². The maximum Gasteiger partial charge on any atom is 0.205 e. The van der Waals surface area contributed by atoms with E-state index in [1.54, 1.807) is 6.20 Å². The Labute approximate surface area is 77.2 Å². The van der Waals surface area contributed by atoms with Crippen LogP contribution in [0.25, 0.3) is 0 Å². The number of anilines is 1. The van der Waals surface area contributed by atoms with Crippen LogP contribution in [0, 0.1) is 0 Å². The number of aromatic nitrogens is 2. The number of halogens is 1. The Morgan fingerprint density at radius 2 is 2.25 bits per heavy atom. The third-order valence-electron chi connectivity index (χ3n) is 1.94. The first-order valence-electron chi connectivity index (χ1n) is 3.67. The van der Waals surface area contributed by atoms with E-state index in [0.717, 1.165) is 5.95 Å². The van der Waals surface area contributed by atoms with Crippen LogP contribution in [0.1, 0.15) is 0 Å². The highest BCUT2D eigenvalue weighted by molar-refractivity contribution is 5.85. The average molecular weight is 190 g/mol. The van der Waals surface area contributed by atoms with Gasteiger partial charge in [-0.1, -0.05) is 0 Å². The minimum atomic E-state index is -0.160. The zero-order chi connectivity index (χ0) is 7.84. The van der Waals surface area contributed by atoms with Crippen LogP contribution < -0.4 is 4.90 Å². The largest absolute Gasteiger partial charge is 0.389 e. The van der Waals surface area contributed by atoms with Crippen molar-refractivity contribution in [2.24, 2.45) is 7.05 Å². The number of nitrogens with zero attached hydrogens (tertiary/aromatic N) is 3. The zero-order valence-corrected chi connectivity index (χ0v) is 7.66. The van der Waals surface area contributed by atoms with Gasteiger partial charge in [0, 0.05) is 32.5 Å². The zero-order valence-electron chi connectivity index (χ0n) is 6.84. The lowest BCUT2D eigenvalue weighted by atomic mass is 10.2. The molecular weight excluding hydrogens is 178 g/mol. The van der Waals surface area contributed by atoms with Crippen LogP contribution in [0.2, 0.25) is 0 Å².